The maximum Gasteiger partial charge on any atom is 0.131 e. The summed E-state index contributed by atoms with van der Waals surface area (Å²) in [6.45, 7) is 14.2. The normalized spacial score (nSPS) is 10.2. The molecule has 0 spiro atoms. The SMILES string of the molecule is CC.CC.COc1ccc(F)c(-c2ccc(CO)cc2C(C)(C)C)c1. The van der Waals surface area contributed by atoms with E-state index in [4.69, 9.17) is 4.74 Å². The van der Waals surface area contributed by atoms with E-state index in [-0.39, 0.29) is 17.8 Å². The van der Waals surface area contributed by atoms with Gasteiger partial charge < -0.3 is 9.84 Å². The van der Waals surface area contributed by atoms with Gasteiger partial charge in [-0.05, 0) is 40.3 Å². The molecule has 0 bridgehead atoms. The Morgan fingerprint density at radius 1 is 0.920 bits per heavy atom. The first kappa shape index (κ1) is 23.1. The summed E-state index contributed by atoms with van der Waals surface area (Å²) in [5, 5.41) is 9.33. The average Bonchev–Trinajstić information content (AvgIpc) is 2.64. The highest BCUT2D eigenvalue weighted by atomic mass is 19.1. The Kier molecular flexibility index (Phi) is 10.1. The molecule has 0 aliphatic heterocycles. The van der Waals surface area contributed by atoms with Gasteiger partial charge in [0.25, 0.3) is 0 Å². The Morgan fingerprint density at radius 2 is 1.52 bits per heavy atom. The van der Waals surface area contributed by atoms with Crippen LogP contribution in [0.25, 0.3) is 11.1 Å². The summed E-state index contributed by atoms with van der Waals surface area (Å²) in [5.74, 6) is 0.343. The van der Waals surface area contributed by atoms with Crippen molar-refractivity contribution in [2.75, 3.05) is 7.11 Å². The molecule has 0 fully saturated rings. The quantitative estimate of drug-likeness (QED) is 0.701. The zero-order chi connectivity index (χ0) is 19.6. The molecule has 2 aromatic carbocycles. The van der Waals surface area contributed by atoms with Crippen molar-refractivity contribution in [2.45, 2.75) is 60.5 Å². The number of methoxy groups -OCH3 is 1. The molecule has 140 valence electrons. The molecular weight excluding hydrogens is 315 g/mol. The summed E-state index contributed by atoms with van der Waals surface area (Å²) in [5.41, 5.74) is 3.02. The summed E-state index contributed by atoms with van der Waals surface area (Å²) in [6, 6.07) is 10.4. The molecule has 1 N–H and O–H groups in total. The zero-order valence-corrected chi connectivity index (χ0v) is 16.9. The van der Waals surface area contributed by atoms with Crippen LogP contribution in [-0.2, 0) is 12.0 Å². The van der Waals surface area contributed by atoms with Crippen LogP contribution in [0.5, 0.6) is 5.75 Å². The van der Waals surface area contributed by atoms with Gasteiger partial charge in [-0.15, -0.1) is 0 Å². The maximum atomic E-state index is 14.2. The number of benzene rings is 2. The van der Waals surface area contributed by atoms with Gasteiger partial charge in [-0.2, -0.15) is 0 Å². The highest BCUT2D eigenvalue weighted by molar-refractivity contribution is 5.71. The minimum Gasteiger partial charge on any atom is -0.497 e. The second-order valence-electron chi connectivity index (χ2n) is 6.13. The molecule has 0 aliphatic rings. The van der Waals surface area contributed by atoms with Crippen LogP contribution in [0, 0.1) is 5.82 Å². The maximum absolute atomic E-state index is 14.2. The first-order valence-electron chi connectivity index (χ1n) is 8.95. The smallest absolute Gasteiger partial charge is 0.131 e. The largest absolute Gasteiger partial charge is 0.497 e. The molecule has 0 aromatic heterocycles. The van der Waals surface area contributed by atoms with Crippen molar-refractivity contribution in [3.8, 4) is 16.9 Å². The van der Waals surface area contributed by atoms with Crippen LogP contribution in [0.2, 0.25) is 0 Å². The molecule has 3 heteroatoms. The Labute approximate surface area is 152 Å². The molecular formula is C22H33FO2. The molecule has 2 nitrogen and oxygen atoms in total. The average molecular weight is 349 g/mol. The molecule has 0 atom stereocenters. The van der Waals surface area contributed by atoms with Gasteiger partial charge in [0.1, 0.15) is 11.6 Å². The fraction of sp³-hybridized carbons (Fsp3) is 0.455. The van der Waals surface area contributed by atoms with Crippen molar-refractivity contribution < 1.29 is 14.2 Å². The summed E-state index contributed by atoms with van der Waals surface area (Å²) in [6.07, 6.45) is 0. The summed E-state index contributed by atoms with van der Waals surface area (Å²) in [7, 11) is 1.57. The molecule has 0 heterocycles. The van der Waals surface area contributed by atoms with Crippen LogP contribution >= 0.6 is 0 Å². The van der Waals surface area contributed by atoms with Crippen LogP contribution < -0.4 is 4.74 Å². The number of aliphatic hydroxyl groups excluding tert-OH is 1. The fourth-order valence-corrected chi connectivity index (χ4v) is 2.38. The predicted octanol–water partition coefficient (Wildman–Crippen LogP) is 6.34. The molecule has 2 rings (SSSR count). The molecule has 0 saturated carbocycles. The van der Waals surface area contributed by atoms with E-state index in [1.165, 1.54) is 6.07 Å². The first-order chi connectivity index (χ1) is 11.9. The Balaban J connectivity index is 0.00000134. The van der Waals surface area contributed by atoms with Crippen molar-refractivity contribution in [1.29, 1.82) is 0 Å². The zero-order valence-electron chi connectivity index (χ0n) is 16.9. The van der Waals surface area contributed by atoms with Gasteiger partial charge in [-0.3, -0.25) is 0 Å². The highest BCUT2D eigenvalue weighted by Gasteiger charge is 2.21. The van der Waals surface area contributed by atoms with E-state index in [1.807, 2.05) is 45.9 Å². The minimum absolute atomic E-state index is 0.0239. The van der Waals surface area contributed by atoms with E-state index >= 15 is 0 Å². The molecule has 0 amide bonds. The number of halogens is 1. The van der Waals surface area contributed by atoms with E-state index in [9.17, 15) is 9.50 Å². The topological polar surface area (TPSA) is 29.5 Å². The fourth-order valence-electron chi connectivity index (χ4n) is 2.38. The standard InChI is InChI=1S/C18H21FO2.2C2H6/c1-18(2,3)16-9-12(11-20)5-7-14(16)15-10-13(21-4)6-8-17(15)19;2*1-2/h5-10,20H,11H2,1-4H3;2*1-2H3. The summed E-state index contributed by atoms with van der Waals surface area (Å²) >= 11 is 0. The Hall–Kier alpha value is -1.87. The third kappa shape index (κ3) is 6.17. The molecule has 0 aliphatic carbocycles. The second kappa shape index (κ2) is 10.9. The third-order valence-corrected chi connectivity index (χ3v) is 3.54. The monoisotopic (exact) mass is 348 g/mol. The Bertz CT molecular complexity index is 643. The van der Waals surface area contributed by atoms with Crippen LogP contribution in [0.3, 0.4) is 0 Å². The van der Waals surface area contributed by atoms with Gasteiger partial charge in [0.15, 0.2) is 0 Å². The van der Waals surface area contributed by atoms with Crippen molar-refractivity contribution in [3.63, 3.8) is 0 Å². The van der Waals surface area contributed by atoms with Crippen molar-refractivity contribution in [3.05, 3.63) is 53.3 Å². The molecule has 0 saturated heterocycles. The minimum atomic E-state index is -0.280. The van der Waals surface area contributed by atoms with Crippen LogP contribution in [0.4, 0.5) is 4.39 Å². The van der Waals surface area contributed by atoms with Crippen molar-refractivity contribution in [2.24, 2.45) is 0 Å². The van der Waals surface area contributed by atoms with Gasteiger partial charge in [0.05, 0.1) is 13.7 Å². The van der Waals surface area contributed by atoms with E-state index in [0.29, 0.717) is 11.3 Å². The van der Waals surface area contributed by atoms with Crippen LogP contribution in [0.15, 0.2) is 36.4 Å². The Morgan fingerprint density at radius 3 is 2.00 bits per heavy atom. The first-order valence-corrected chi connectivity index (χ1v) is 8.95. The van der Waals surface area contributed by atoms with E-state index in [2.05, 4.69) is 20.8 Å². The molecule has 0 unspecified atom stereocenters. The number of hydrogen-bond acceptors (Lipinski definition) is 2. The van der Waals surface area contributed by atoms with Crippen molar-refractivity contribution >= 4 is 0 Å². The lowest BCUT2D eigenvalue weighted by atomic mass is 9.81. The van der Waals surface area contributed by atoms with E-state index in [1.54, 1.807) is 19.2 Å². The van der Waals surface area contributed by atoms with Gasteiger partial charge in [0, 0.05) is 5.56 Å². The number of rotatable bonds is 3. The molecule has 25 heavy (non-hydrogen) atoms. The summed E-state index contributed by atoms with van der Waals surface area (Å²) < 4.78 is 19.4. The predicted molar refractivity (Wildman–Crippen MR) is 106 cm³/mol. The van der Waals surface area contributed by atoms with Crippen LogP contribution in [-0.4, -0.2) is 12.2 Å². The summed E-state index contributed by atoms with van der Waals surface area (Å²) in [4.78, 5) is 0. The lowest BCUT2D eigenvalue weighted by Gasteiger charge is -2.24. The third-order valence-electron chi connectivity index (χ3n) is 3.54. The number of hydrogen-bond donors (Lipinski definition) is 1. The lowest BCUT2D eigenvalue weighted by molar-refractivity contribution is 0.281. The molecule has 0 radical (unpaired) electrons. The van der Waals surface area contributed by atoms with E-state index < -0.39 is 0 Å². The lowest BCUT2D eigenvalue weighted by Crippen LogP contribution is -2.13. The van der Waals surface area contributed by atoms with Gasteiger partial charge in [-0.1, -0.05) is 66.7 Å². The van der Waals surface area contributed by atoms with Crippen LogP contribution in [0.1, 0.15) is 59.6 Å². The van der Waals surface area contributed by atoms with Crippen molar-refractivity contribution in [1.82, 2.24) is 0 Å². The van der Waals surface area contributed by atoms with Gasteiger partial charge in [0.2, 0.25) is 0 Å². The highest BCUT2D eigenvalue weighted by Crippen LogP contribution is 2.36. The number of ether oxygens (including phenoxy) is 1. The number of aliphatic hydroxyl groups is 1. The van der Waals surface area contributed by atoms with Gasteiger partial charge in [-0.25, -0.2) is 4.39 Å². The second-order valence-corrected chi connectivity index (χ2v) is 6.13. The van der Waals surface area contributed by atoms with E-state index in [0.717, 1.165) is 16.7 Å². The molecule has 2 aromatic rings. The van der Waals surface area contributed by atoms with Gasteiger partial charge >= 0.3 is 0 Å².